The molecule has 164 valence electrons. The Bertz CT molecular complexity index is 1080. The van der Waals surface area contributed by atoms with Gasteiger partial charge < -0.3 is 10.4 Å². The minimum Gasteiger partial charge on any atom is -0.508 e. The normalized spacial score (nSPS) is 14.1. The first-order valence-corrected chi connectivity index (χ1v) is 11.3. The van der Waals surface area contributed by atoms with Crippen LogP contribution in [0.5, 0.6) is 5.75 Å². The van der Waals surface area contributed by atoms with Crippen molar-refractivity contribution in [1.29, 1.82) is 0 Å². The number of benzene rings is 3. The molecular weight excluding hydrogens is 396 g/mol. The Balaban J connectivity index is 1.36. The fourth-order valence-electron chi connectivity index (χ4n) is 4.22. The number of phenols is 1. The van der Waals surface area contributed by atoms with Crippen LogP contribution in [0.2, 0.25) is 0 Å². The molecule has 0 aliphatic carbocycles. The highest BCUT2D eigenvalue weighted by atomic mass is 16.3. The van der Waals surface area contributed by atoms with Gasteiger partial charge in [0.25, 0.3) is 5.91 Å². The van der Waals surface area contributed by atoms with Crippen molar-refractivity contribution in [2.45, 2.75) is 32.4 Å². The maximum Gasteiger partial charge on any atom is 0.251 e. The zero-order chi connectivity index (χ0) is 22.2. The summed E-state index contributed by atoms with van der Waals surface area (Å²) in [6, 6.07) is 23.7. The standard InChI is InChI=1S/C28H30N2O2/c31-26-16-15-23-13-8-18-30(21-25(23)19-26)20-24-12-4-5-14-27(24)28(32)29-17-7-6-11-22-9-2-1-3-10-22/h1-6,9-12,14-16,19,31H,7-8,13,17-18,20-21H2,(H,29,32)/b11-6+. The number of phenolic OH excluding ortho intramolecular Hbond substituents is 1. The van der Waals surface area contributed by atoms with E-state index in [0.29, 0.717) is 18.8 Å². The van der Waals surface area contributed by atoms with Crippen molar-refractivity contribution in [3.8, 4) is 5.75 Å². The maximum atomic E-state index is 12.9. The molecule has 0 saturated heterocycles. The molecule has 1 heterocycles. The number of amides is 1. The number of hydrogen-bond donors (Lipinski definition) is 2. The van der Waals surface area contributed by atoms with E-state index in [2.05, 4.69) is 34.5 Å². The molecule has 3 aromatic carbocycles. The Morgan fingerprint density at radius 2 is 1.81 bits per heavy atom. The lowest BCUT2D eigenvalue weighted by Gasteiger charge is -2.22. The lowest BCUT2D eigenvalue weighted by Crippen LogP contribution is -2.28. The molecule has 0 spiro atoms. The summed E-state index contributed by atoms with van der Waals surface area (Å²) in [6.45, 7) is 3.07. The summed E-state index contributed by atoms with van der Waals surface area (Å²) in [5.74, 6) is 0.285. The third-order valence-electron chi connectivity index (χ3n) is 5.87. The van der Waals surface area contributed by atoms with Gasteiger partial charge in [0.05, 0.1) is 0 Å². The molecule has 0 radical (unpaired) electrons. The molecule has 0 bridgehead atoms. The van der Waals surface area contributed by atoms with Crippen LogP contribution in [0.25, 0.3) is 6.08 Å². The number of aryl methyl sites for hydroxylation is 1. The summed E-state index contributed by atoms with van der Waals surface area (Å²) in [5, 5.41) is 12.9. The number of hydrogen-bond acceptors (Lipinski definition) is 3. The smallest absolute Gasteiger partial charge is 0.251 e. The quantitative estimate of drug-likeness (QED) is 0.512. The molecule has 1 aliphatic heterocycles. The highest BCUT2D eigenvalue weighted by molar-refractivity contribution is 5.95. The number of nitrogens with zero attached hydrogens (tertiary/aromatic N) is 1. The van der Waals surface area contributed by atoms with Gasteiger partial charge in [0.1, 0.15) is 5.75 Å². The van der Waals surface area contributed by atoms with Gasteiger partial charge >= 0.3 is 0 Å². The topological polar surface area (TPSA) is 52.6 Å². The van der Waals surface area contributed by atoms with Crippen molar-refractivity contribution in [3.63, 3.8) is 0 Å². The molecule has 0 atom stereocenters. The van der Waals surface area contributed by atoms with Crippen molar-refractivity contribution in [1.82, 2.24) is 10.2 Å². The molecule has 0 aromatic heterocycles. The van der Waals surface area contributed by atoms with Crippen LogP contribution in [0.1, 0.15) is 45.5 Å². The van der Waals surface area contributed by atoms with Gasteiger partial charge in [-0.05, 0) is 66.3 Å². The van der Waals surface area contributed by atoms with E-state index in [1.807, 2.05) is 54.6 Å². The monoisotopic (exact) mass is 426 g/mol. The van der Waals surface area contributed by atoms with Crippen LogP contribution >= 0.6 is 0 Å². The Morgan fingerprint density at radius 3 is 2.69 bits per heavy atom. The molecule has 4 heteroatoms. The summed E-state index contributed by atoms with van der Waals surface area (Å²) in [5.41, 5.74) is 5.42. The Hall–Kier alpha value is -3.37. The van der Waals surface area contributed by atoms with Crippen molar-refractivity contribution < 1.29 is 9.90 Å². The second kappa shape index (κ2) is 10.8. The van der Waals surface area contributed by atoms with Crippen molar-refractivity contribution in [2.24, 2.45) is 0 Å². The fourth-order valence-corrected chi connectivity index (χ4v) is 4.22. The molecule has 0 unspecified atom stereocenters. The molecule has 2 N–H and O–H groups in total. The van der Waals surface area contributed by atoms with Gasteiger partial charge in [-0.15, -0.1) is 0 Å². The van der Waals surface area contributed by atoms with E-state index < -0.39 is 0 Å². The lowest BCUT2D eigenvalue weighted by molar-refractivity contribution is 0.0952. The number of fused-ring (bicyclic) bond motifs is 1. The van der Waals surface area contributed by atoms with Gasteiger partial charge in [-0.1, -0.05) is 66.7 Å². The molecule has 1 aliphatic rings. The molecule has 32 heavy (non-hydrogen) atoms. The van der Waals surface area contributed by atoms with Gasteiger partial charge in [0.2, 0.25) is 0 Å². The number of aromatic hydroxyl groups is 1. The molecular formula is C28H30N2O2. The van der Waals surface area contributed by atoms with E-state index in [1.165, 1.54) is 11.1 Å². The van der Waals surface area contributed by atoms with Crippen molar-refractivity contribution in [3.05, 3.63) is 107 Å². The summed E-state index contributed by atoms with van der Waals surface area (Å²) in [6.07, 6.45) is 7.04. The minimum absolute atomic E-state index is 0.0263. The summed E-state index contributed by atoms with van der Waals surface area (Å²) >= 11 is 0. The van der Waals surface area contributed by atoms with E-state index in [4.69, 9.17) is 0 Å². The van der Waals surface area contributed by atoms with E-state index in [0.717, 1.165) is 49.0 Å². The van der Waals surface area contributed by atoms with Crippen LogP contribution in [-0.4, -0.2) is 29.0 Å². The van der Waals surface area contributed by atoms with Crippen molar-refractivity contribution in [2.75, 3.05) is 13.1 Å². The largest absolute Gasteiger partial charge is 0.508 e. The van der Waals surface area contributed by atoms with E-state index in [1.54, 1.807) is 6.07 Å². The van der Waals surface area contributed by atoms with Crippen LogP contribution in [0.4, 0.5) is 0 Å². The molecule has 4 nitrogen and oxygen atoms in total. The minimum atomic E-state index is -0.0263. The van der Waals surface area contributed by atoms with Crippen LogP contribution in [-0.2, 0) is 19.5 Å². The fraction of sp³-hybridized carbons (Fsp3) is 0.250. The van der Waals surface area contributed by atoms with Gasteiger partial charge in [-0.25, -0.2) is 0 Å². The molecule has 3 aromatic rings. The highest BCUT2D eigenvalue weighted by Crippen LogP contribution is 2.24. The summed E-state index contributed by atoms with van der Waals surface area (Å²) < 4.78 is 0. The van der Waals surface area contributed by atoms with Gasteiger partial charge in [-0.3, -0.25) is 9.69 Å². The van der Waals surface area contributed by atoms with Crippen LogP contribution in [0, 0.1) is 0 Å². The first-order valence-electron chi connectivity index (χ1n) is 11.3. The van der Waals surface area contributed by atoms with Gasteiger partial charge in [0, 0.05) is 25.2 Å². The van der Waals surface area contributed by atoms with E-state index in [9.17, 15) is 9.90 Å². The number of rotatable bonds is 7. The number of carbonyl (C=O) groups excluding carboxylic acids is 1. The molecule has 4 rings (SSSR count). The summed E-state index contributed by atoms with van der Waals surface area (Å²) in [7, 11) is 0. The van der Waals surface area contributed by atoms with E-state index in [-0.39, 0.29) is 5.91 Å². The van der Waals surface area contributed by atoms with Crippen LogP contribution < -0.4 is 5.32 Å². The number of carbonyl (C=O) groups is 1. The predicted molar refractivity (Wildman–Crippen MR) is 129 cm³/mol. The summed E-state index contributed by atoms with van der Waals surface area (Å²) in [4.78, 5) is 15.2. The lowest BCUT2D eigenvalue weighted by atomic mass is 10.0. The SMILES string of the molecule is O=C(NCC/C=C/c1ccccc1)c1ccccc1CN1CCCc2ccc(O)cc2C1. The average molecular weight is 427 g/mol. The van der Waals surface area contributed by atoms with Crippen LogP contribution in [0.3, 0.4) is 0 Å². The Kier molecular flexibility index (Phi) is 7.36. The molecule has 0 fully saturated rings. The first kappa shape index (κ1) is 21.8. The maximum absolute atomic E-state index is 12.9. The third kappa shape index (κ3) is 5.86. The zero-order valence-corrected chi connectivity index (χ0v) is 18.3. The highest BCUT2D eigenvalue weighted by Gasteiger charge is 2.18. The Morgan fingerprint density at radius 1 is 1.00 bits per heavy atom. The number of nitrogens with one attached hydrogen (secondary N) is 1. The average Bonchev–Trinajstić information content (AvgIpc) is 3.01. The molecule has 1 amide bonds. The second-order valence-corrected chi connectivity index (χ2v) is 8.28. The first-order chi connectivity index (χ1) is 15.7. The zero-order valence-electron chi connectivity index (χ0n) is 18.3. The Labute approximate surface area is 190 Å². The third-order valence-corrected chi connectivity index (χ3v) is 5.87. The predicted octanol–water partition coefficient (Wildman–Crippen LogP) is 5.17. The molecule has 0 saturated carbocycles. The second-order valence-electron chi connectivity index (χ2n) is 8.28. The van der Waals surface area contributed by atoms with Crippen molar-refractivity contribution >= 4 is 12.0 Å². The van der Waals surface area contributed by atoms with Gasteiger partial charge in [0.15, 0.2) is 0 Å². The van der Waals surface area contributed by atoms with Gasteiger partial charge in [-0.2, -0.15) is 0 Å². The van der Waals surface area contributed by atoms with Crippen LogP contribution in [0.15, 0.2) is 78.9 Å². The van der Waals surface area contributed by atoms with E-state index >= 15 is 0 Å².